The van der Waals surface area contributed by atoms with Crippen LogP contribution in [-0.4, -0.2) is 89.8 Å². The van der Waals surface area contributed by atoms with Crippen molar-refractivity contribution in [3.8, 4) is 0 Å². The summed E-state index contributed by atoms with van der Waals surface area (Å²) in [5.74, 6) is -2.67. The minimum absolute atomic E-state index is 0. The second-order valence-electron chi connectivity index (χ2n) is 11.6. The number of hydrogen-bond acceptors (Lipinski definition) is 8. The quantitative estimate of drug-likeness (QED) is 0.182. The van der Waals surface area contributed by atoms with Crippen LogP contribution in [-0.2, 0) is 19.2 Å². The van der Waals surface area contributed by atoms with Gasteiger partial charge in [-0.3, -0.25) is 9.59 Å². The van der Waals surface area contributed by atoms with Gasteiger partial charge in [-0.05, 0) is 55.7 Å². The van der Waals surface area contributed by atoms with Crippen molar-refractivity contribution in [2.45, 2.75) is 83.6 Å². The van der Waals surface area contributed by atoms with Gasteiger partial charge in [0.2, 0.25) is 11.8 Å². The fraction of sp³-hybridized carbons (Fsp3) is 0.444. The van der Waals surface area contributed by atoms with Gasteiger partial charge in [-0.1, -0.05) is 65.6 Å². The van der Waals surface area contributed by atoms with E-state index in [1.54, 1.807) is 37.4 Å². The van der Waals surface area contributed by atoms with Crippen LogP contribution in [0.25, 0.3) is 0 Å². The summed E-state index contributed by atoms with van der Waals surface area (Å²) in [6, 6.07) is 19.1. The van der Waals surface area contributed by atoms with Crippen LogP contribution in [0.5, 0.6) is 0 Å². The smallest absolute Gasteiger partial charge is 0.352 e. The number of benzene rings is 2. The molecule has 0 saturated carbocycles. The van der Waals surface area contributed by atoms with E-state index in [0.717, 1.165) is 20.9 Å². The minimum Gasteiger partial charge on any atom is -0.477 e. The van der Waals surface area contributed by atoms with Crippen molar-refractivity contribution in [1.82, 2.24) is 9.80 Å². The standard InChI is InChI=1S/C17H19NO4S.C16H17NO4S.3CH4/c1-9-12(8-23-11-6-4-3-5-7-11)15(17(21)22)18-14(9)13(10(2)19)16(18)20;1-9(18)13-12-7-10(8-22-11-5-3-2-4-6-11)14(16(20)21)17(12)15(13)19;;;/h3-7,9-10,13-14,19H,8H2,1-2H3,(H,21,22);2-6,9,12-13,18H,7-8H2,1H3,(H,20,21);3*1H4/t9-,10+,13+,14+;9-,12-,13-;;;/m01.../s1. The third-order valence-corrected chi connectivity index (χ3v) is 11.0. The highest BCUT2D eigenvalue weighted by Gasteiger charge is 2.60. The molecule has 0 bridgehead atoms. The summed E-state index contributed by atoms with van der Waals surface area (Å²) in [7, 11) is 0. The third-order valence-electron chi connectivity index (χ3n) is 8.83. The molecular weight excluding hydrogens is 653 g/mol. The number of carbonyl (C=O) groups excluding carboxylic acids is 2. The van der Waals surface area contributed by atoms with Crippen LogP contribution in [0.1, 0.15) is 49.5 Å². The molecule has 0 aliphatic carbocycles. The molecule has 4 aliphatic heterocycles. The van der Waals surface area contributed by atoms with Crippen LogP contribution in [0.3, 0.4) is 0 Å². The molecule has 7 atom stereocenters. The predicted molar refractivity (Wildman–Crippen MR) is 189 cm³/mol. The average molecular weight is 701 g/mol. The van der Waals surface area contributed by atoms with E-state index in [9.17, 15) is 39.6 Å². The number of rotatable bonds is 10. The van der Waals surface area contributed by atoms with Gasteiger partial charge in [0.05, 0.1) is 36.1 Å². The van der Waals surface area contributed by atoms with Crippen LogP contribution in [0, 0.1) is 17.8 Å². The molecule has 2 amide bonds. The van der Waals surface area contributed by atoms with Crippen molar-refractivity contribution in [3.05, 3.63) is 83.2 Å². The first kappa shape index (κ1) is 40.6. The fourth-order valence-corrected chi connectivity index (χ4v) is 8.71. The number of thioether (sulfide) groups is 2. The van der Waals surface area contributed by atoms with Crippen molar-refractivity contribution < 1.29 is 39.6 Å². The Morgan fingerprint density at radius 2 is 1.21 bits per heavy atom. The van der Waals surface area contributed by atoms with Crippen molar-refractivity contribution in [3.63, 3.8) is 0 Å². The summed E-state index contributed by atoms with van der Waals surface area (Å²) < 4.78 is 0. The number of fused-ring (bicyclic) bond motifs is 2. The number of carboxylic acid groups (broad SMARTS) is 2. The maximum atomic E-state index is 12.2. The number of aliphatic hydroxyl groups excluding tert-OH is 2. The zero-order valence-corrected chi connectivity index (χ0v) is 26.7. The van der Waals surface area contributed by atoms with Gasteiger partial charge in [0.15, 0.2) is 0 Å². The molecular formula is C36H48N2O8S2. The van der Waals surface area contributed by atoms with E-state index in [4.69, 9.17) is 0 Å². The maximum absolute atomic E-state index is 12.2. The first-order valence-corrected chi connectivity index (χ1v) is 16.7. The molecule has 0 aromatic heterocycles. The van der Waals surface area contributed by atoms with Gasteiger partial charge in [0, 0.05) is 27.2 Å². The first-order valence-electron chi connectivity index (χ1n) is 14.7. The molecule has 2 aromatic rings. The summed E-state index contributed by atoms with van der Waals surface area (Å²) in [4.78, 5) is 52.3. The van der Waals surface area contributed by atoms with Crippen molar-refractivity contribution in [1.29, 1.82) is 0 Å². The number of carbonyl (C=O) groups is 4. The van der Waals surface area contributed by atoms with Crippen LogP contribution in [0.15, 0.2) is 93.0 Å². The summed E-state index contributed by atoms with van der Waals surface area (Å²) in [6.45, 7) is 5.11. The Labute approximate surface area is 291 Å². The lowest BCUT2D eigenvalue weighted by molar-refractivity contribution is -0.163. The zero-order valence-electron chi connectivity index (χ0n) is 25.1. The summed E-state index contributed by atoms with van der Waals surface area (Å²) >= 11 is 3.12. The lowest BCUT2D eigenvalue weighted by atomic mass is 9.78. The van der Waals surface area contributed by atoms with E-state index in [1.165, 1.54) is 9.80 Å². The number of nitrogens with zero attached hydrogens (tertiary/aromatic N) is 2. The number of aliphatic hydroxyl groups is 2. The van der Waals surface area contributed by atoms with E-state index in [-0.39, 0.29) is 63.5 Å². The molecule has 4 heterocycles. The summed E-state index contributed by atoms with van der Waals surface area (Å²) in [5.41, 5.74) is 1.75. The largest absolute Gasteiger partial charge is 0.477 e. The van der Waals surface area contributed by atoms with Gasteiger partial charge < -0.3 is 30.2 Å². The molecule has 2 saturated heterocycles. The molecule has 12 heteroatoms. The molecule has 0 spiro atoms. The van der Waals surface area contributed by atoms with Crippen molar-refractivity contribution >= 4 is 47.3 Å². The second-order valence-corrected chi connectivity index (χ2v) is 13.7. The normalized spacial score (nSPS) is 24.7. The summed E-state index contributed by atoms with van der Waals surface area (Å²) in [6.07, 6.45) is -0.977. The lowest BCUT2D eigenvalue weighted by Gasteiger charge is -2.46. The van der Waals surface area contributed by atoms with Crippen LogP contribution in [0.2, 0.25) is 0 Å². The van der Waals surface area contributed by atoms with Crippen LogP contribution < -0.4 is 0 Å². The van der Waals surface area contributed by atoms with Gasteiger partial charge in [-0.2, -0.15) is 0 Å². The minimum atomic E-state index is -1.07. The first-order chi connectivity index (χ1) is 21.4. The molecule has 6 rings (SSSR count). The van der Waals surface area contributed by atoms with E-state index in [2.05, 4.69) is 0 Å². The van der Waals surface area contributed by atoms with E-state index in [1.807, 2.05) is 67.6 Å². The number of β-lactam (4-membered cyclic amide) rings is 2. The Hall–Kier alpha value is -3.58. The van der Waals surface area contributed by atoms with Crippen LogP contribution in [0.4, 0.5) is 0 Å². The molecule has 48 heavy (non-hydrogen) atoms. The van der Waals surface area contributed by atoms with Gasteiger partial charge in [-0.15, -0.1) is 23.5 Å². The summed E-state index contributed by atoms with van der Waals surface area (Å²) in [5, 5.41) is 38.5. The topological polar surface area (TPSA) is 156 Å². The molecule has 10 nitrogen and oxygen atoms in total. The van der Waals surface area contributed by atoms with Gasteiger partial charge >= 0.3 is 11.9 Å². The molecule has 0 radical (unpaired) electrons. The van der Waals surface area contributed by atoms with E-state index in [0.29, 0.717) is 17.9 Å². The SMILES string of the molecule is C.C.C.C[C@@H](O)[C@H]1C(=O)N2C(C(=O)O)=C(CSc3ccccc3)C[C@H]12.C[C@@H](O)[C@H]1C(=O)N2C(C(=O)O)=C(CSc3ccccc3)[C@H](C)[C@H]12. The molecule has 2 fully saturated rings. The number of aliphatic carboxylic acids is 2. The predicted octanol–water partition coefficient (Wildman–Crippen LogP) is 5.61. The Morgan fingerprint density at radius 3 is 1.67 bits per heavy atom. The second kappa shape index (κ2) is 16.7. The zero-order chi connectivity index (χ0) is 32.6. The average Bonchev–Trinajstić information content (AvgIpc) is 3.45. The van der Waals surface area contributed by atoms with Crippen molar-refractivity contribution in [2.75, 3.05) is 11.5 Å². The molecule has 262 valence electrons. The number of amides is 2. The Kier molecular flexibility index (Phi) is 14.1. The Morgan fingerprint density at radius 1 is 0.750 bits per heavy atom. The van der Waals surface area contributed by atoms with Crippen molar-refractivity contribution in [2.24, 2.45) is 17.8 Å². The van der Waals surface area contributed by atoms with Crippen LogP contribution >= 0.6 is 23.5 Å². The highest BCUT2D eigenvalue weighted by molar-refractivity contribution is 7.99. The number of carboxylic acids is 2. The molecule has 0 unspecified atom stereocenters. The van der Waals surface area contributed by atoms with Gasteiger partial charge in [0.1, 0.15) is 11.4 Å². The van der Waals surface area contributed by atoms with E-state index < -0.39 is 36.0 Å². The highest BCUT2D eigenvalue weighted by atomic mass is 32.2. The third kappa shape index (κ3) is 7.51. The fourth-order valence-electron chi connectivity index (χ4n) is 6.69. The maximum Gasteiger partial charge on any atom is 0.352 e. The Bertz CT molecular complexity index is 1540. The number of hydrogen-bond donors (Lipinski definition) is 4. The van der Waals surface area contributed by atoms with E-state index >= 15 is 0 Å². The molecule has 2 aromatic carbocycles. The Balaban J connectivity index is 0.000000314. The van der Waals surface area contributed by atoms with Gasteiger partial charge in [0.25, 0.3) is 0 Å². The highest BCUT2D eigenvalue weighted by Crippen LogP contribution is 2.48. The molecule has 4 aliphatic rings. The van der Waals surface area contributed by atoms with Gasteiger partial charge in [-0.25, -0.2) is 9.59 Å². The lowest BCUT2D eigenvalue weighted by Crippen LogP contribution is -2.63. The molecule has 4 N–H and O–H groups in total. The monoisotopic (exact) mass is 700 g/mol.